The molecule has 0 saturated carbocycles. The number of benzene rings is 1. The molecule has 0 amide bonds. The first-order valence-corrected chi connectivity index (χ1v) is 5.71. The normalized spacial score (nSPS) is 10.8. The summed E-state index contributed by atoms with van der Waals surface area (Å²) in [5.74, 6) is -1.12. The van der Waals surface area contributed by atoms with Gasteiger partial charge in [0.15, 0.2) is 11.2 Å². The average molecular weight is 271 g/mol. The Balaban J connectivity index is 2.03. The van der Waals surface area contributed by atoms with Gasteiger partial charge in [0.25, 0.3) is 0 Å². The minimum Gasteiger partial charge on any atom is -0.492 e. The molecule has 0 unspecified atom stereocenters. The maximum atomic E-state index is 10.6. The van der Waals surface area contributed by atoms with Crippen LogP contribution in [0.1, 0.15) is 5.56 Å². The average Bonchev–Trinajstić information content (AvgIpc) is 2.84. The Morgan fingerprint density at radius 1 is 1.20 bits per heavy atom. The van der Waals surface area contributed by atoms with E-state index in [0.29, 0.717) is 16.9 Å². The van der Waals surface area contributed by atoms with Crippen LogP contribution in [-0.4, -0.2) is 41.1 Å². The molecule has 0 aliphatic rings. The zero-order chi connectivity index (χ0) is 14.1. The first kappa shape index (κ1) is 12.0. The van der Waals surface area contributed by atoms with E-state index in [1.165, 1.54) is 11.0 Å². The van der Waals surface area contributed by atoms with Crippen LogP contribution in [0.15, 0.2) is 30.6 Å². The maximum absolute atomic E-state index is 10.6. The summed E-state index contributed by atoms with van der Waals surface area (Å²) in [6, 6.07) is 6.81. The second-order valence-electron chi connectivity index (χ2n) is 4.11. The first-order valence-electron chi connectivity index (χ1n) is 5.71. The fraction of sp³-hybridized carbons (Fsp3) is 0.0833. The molecule has 2 N–H and O–H groups in total. The molecule has 3 rings (SSSR count). The van der Waals surface area contributed by atoms with Gasteiger partial charge in [0.1, 0.15) is 6.33 Å². The third-order valence-corrected chi connectivity index (χ3v) is 2.75. The van der Waals surface area contributed by atoms with Crippen molar-refractivity contribution in [3.05, 3.63) is 36.2 Å². The summed E-state index contributed by atoms with van der Waals surface area (Å²) in [6.45, 7) is 0. The molecule has 0 aliphatic heterocycles. The molecule has 0 fully saturated rings. The van der Waals surface area contributed by atoms with E-state index in [2.05, 4.69) is 20.3 Å². The van der Waals surface area contributed by atoms with Gasteiger partial charge in [-0.05, 0) is 17.7 Å². The van der Waals surface area contributed by atoms with Crippen molar-refractivity contribution < 1.29 is 15.0 Å². The van der Waals surface area contributed by atoms with Gasteiger partial charge in [-0.3, -0.25) is 4.79 Å². The van der Waals surface area contributed by atoms with Crippen molar-refractivity contribution in [2.45, 2.75) is 6.42 Å². The van der Waals surface area contributed by atoms with Crippen molar-refractivity contribution in [2.75, 3.05) is 0 Å². The summed E-state index contributed by atoms with van der Waals surface area (Å²) < 4.78 is 1.45. The molecule has 0 bridgehead atoms. The van der Waals surface area contributed by atoms with Gasteiger partial charge in [-0.25, -0.2) is 4.98 Å². The number of aromatic hydroxyl groups is 1. The summed E-state index contributed by atoms with van der Waals surface area (Å²) in [5, 5.41) is 26.0. The van der Waals surface area contributed by atoms with Crippen LogP contribution < -0.4 is 0 Å². The number of aliphatic carboxylic acids is 1. The van der Waals surface area contributed by atoms with E-state index in [0.717, 1.165) is 0 Å². The Morgan fingerprint density at radius 2 is 1.95 bits per heavy atom. The summed E-state index contributed by atoms with van der Waals surface area (Å²) in [4.78, 5) is 18.3. The number of carbonyl (C=O) groups is 1. The smallest absolute Gasteiger partial charge is 0.307 e. The lowest BCUT2D eigenvalue weighted by Crippen LogP contribution is -2.01. The van der Waals surface area contributed by atoms with E-state index < -0.39 is 5.97 Å². The lowest BCUT2D eigenvalue weighted by atomic mass is 10.1. The van der Waals surface area contributed by atoms with Crippen LogP contribution >= 0.6 is 0 Å². The lowest BCUT2D eigenvalue weighted by Gasteiger charge is -2.02. The SMILES string of the molecule is O=C(O)Cc1ccc(-n2nnc3c(O)ncnc32)cc1. The van der Waals surface area contributed by atoms with Gasteiger partial charge in [-0.15, -0.1) is 5.10 Å². The predicted molar refractivity (Wildman–Crippen MR) is 67.5 cm³/mol. The van der Waals surface area contributed by atoms with Gasteiger partial charge in [0.05, 0.1) is 12.1 Å². The lowest BCUT2D eigenvalue weighted by molar-refractivity contribution is -0.136. The van der Waals surface area contributed by atoms with Crippen molar-refractivity contribution in [3.63, 3.8) is 0 Å². The highest BCUT2D eigenvalue weighted by Crippen LogP contribution is 2.19. The highest BCUT2D eigenvalue weighted by Gasteiger charge is 2.12. The van der Waals surface area contributed by atoms with Gasteiger partial charge in [-0.2, -0.15) is 9.67 Å². The van der Waals surface area contributed by atoms with Crippen LogP contribution in [0, 0.1) is 0 Å². The van der Waals surface area contributed by atoms with Gasteiger partial charge in [-0.1, -0.05) is 17.3 Å². The van der Waals surface area contributed by atoms with E-state index in [1.54, 1.807) is 24.3 Å². The summed E-state index contributed by atoms with van der Waals surface area (Å²) in [5.41, 5.74) is 1.94. The minimum atomic E-state index is -0.887. The topological polar surface area (TPSA) is 114 Å². The molecule has 3 aromatic rings. The Kier molecular flexibility index (Phi) is 2.75. The molecule has 0 spiro atoms. The molecule has 0 saturated heterocycles. The fourth-order valence-electron chi connectivity index (χ4n) is 1.84. The molecular formula is C12H9N5O3. The number of nitrogens with zero attached hydrogens (tertiary/aromatic N) is 5. The maximum Gasteiger partial charge on any atom is 0.307 e. The van der Waals surface area contributed by atoms with Crippen LogP contribution in [0.4, 0.5) is 0 Å². The van der Waals surface area contributed by atoms with E-state index in [1.807, 2.05) is 0 Å². The van der Waals surface area contributed by atoms with Crippen molar-refractivity contribution in [1.29, 1.82) is 0 Å². The minimum absolute atomic E-state index is 0.0403. The number of hydrogen-bond donors (Lipinski definition) is 2. The van der Waals surface area contributed by atoms with Crippen LogP contribution in [-0.2, 0) is 11.2 Å². The second-order valence-corrected chi connectivity index (χ2v) is 4.11. The monoisotopic (exact) mass is 271 g/mol. The summed E-state index contributed by atoms with van der Waals surface area (Å²) in [7, 11) is 0. The molecule has 0 radical (unpaired) electrons. The second kappa shape index (κ2) is 4.57. The van der Waals surface area contributed by atoms with Gasteiger partial charge in [0.2, 0.25) is 5.88 Å². The Bertz CT molecular complexity index is 781. The number of carboxylic acid groups (broad SMARTS) is 1. The van der Waals surface area contributed by atoms with E-state index in [4.69, 9.17) is 5.11 Å². The molecular weight excluding hydrogens is 262 g/mol. The molecule has 2 aromatic heterocycles. The summed E-state index contributed by atoms with van der Waals surface area (Å²) >= 11 is 0. The van der Waals surface area contributed by atoms with Crippen molar-refractivity contribution in [3.8, 4) is 11.6 Å². The van der Waals surface area contributed by atoms with E-state index >= 15 is 0 Å². The molecule has 100 valence electrons. The molecule has 2 heterocycles. The van der Waals surface area contributed by atoms with Gasteiger partial charge >= 0.3 is 5.97 Å². The molecule has 0 atom stereocenters. The molecule has 8 nitrogen and oxygen atoms in total. The van der Waals surface area contributed by atoms with E-state index in [-0.39, 0.29) is 17.8 Å². The zero-order valence-electron chi connectivity index (χ0n) is 10.1. The van der Waals surface area contributed by atoms with Gasteiger partial charge in [0, 0.05) is 0 Å². The van der Waals surface area contributed by atoms with Crippen molar-refractivity contribution in [2.24, 2.45) is 0 Å². The molecule has 0 aliphatic carbocycles. The molecule has 8 heteroatoms. The molecule has 20 heavy (non-hydrogen) atoms. The number of aromatic nitrogens is 5. The third kappa shape index (κ3) is 2.03. The van der Waals surface area contributed by atoms with Crippen LogP contribution in [0.25, 0.3) is 16.9 Å². The van der Waals surface area contributed by atoms with Crippen molar-refractivity contribution >= 4 is 17.1 Å². The fourth-order valence-corrected chi connectivity index (χ4v) is 1.84. The third-order valence-electron chi connectivity index (χ3n) is 2.75. The van der Waals surface area contributed by atoms with Crippen LogP contribution in [0.2, 0.25) is 0 Å². The largest absolute Gasteiger partial charge is 0.492 e. The first-order chi connectivity index (χ1) is 9.65. The van der Waals surface area contributed by atoms with Crippen molar-refractivity contribution in [1.82, 2.24) is 25.0 Å². The number of hydrogen-bond acceptors (Lipinski definition) is 6. The van der Waals surface area contributed by atoms with E-state index in [9.17, 15) is 9.90 Å². The van der Waals surface area contributed by atoms with Gasteiger partial charge < -0.3 is 10.2 Å². The van der Waals surface area contributed by atoms with Crippen LogP contribution in [0.3, 0.4) is 0 Å². The quantitative estimate of drug-likeness (QED) is 0.714. The predicted octanol–water partition coefficient (Wildman–Crippen LogP) is 0.543. The number of rotatable bonds is 3. The zero-order valence-corrected chi connectivity index (χ0v) is 10.1. The summed E-state index contributed by atoms with van der Waals surface area (Å²) in [6.07, 6.45) is 1.18. The van der Waals surface area contributed by atoms with Crippen LogP contribution in [0.5, 0.6) is 5.88 Å². The standard InChI is InChI=1S/C12H9N5O3/c18-9(19)5-7-1-3-8(4-2-7)17-11-10(15-16-17)12(20)14-6-13-11/h1-4,6H,5H2,(H,18,19)(H,13,14,20). The highest BCUT2D eigenvalue weighted by molar-refractivity contribution is 5.76. The highest BCUT2D eigenvalue weighted by atomic mass is 16.4. The Labute approximate surface area is 112 Å². The Morgan fingerprint density at radius 3 is 2.65 bits per heavy atom. The number of carboxylic acids is 1. The Hall–Kier alpha value is -3.03. The molecule has 1 aromatic carbocycles. The number of fused-ring (bicyclic) bond motifs is 1.